The molecule has 18 heavy (non-hydrogen) atoms. The normalized spacial score (nSPS) is 17.4. The first-order valence-corrected chi connectivity index (χ1v) is 5.30. The third-order valence-electron chi connectivity index (χ3n) is 2.33. The van der Waals surface area contributed by atoms with Crippen molar-refractivity contribution in [3.8, 4) is 0 Å². The third kappa shape index (κ3) is 3.65. The minimum atomic E-state index is -1.13. The Balaban J connectivity index is 2.59. The zero-order valence-electron chi connectivity index (χ0n) is 9.73. The summed E-state index contributed by atoms with van der Waals surface area (Å²) in [5, 5.41) is 12.4. The molecule has 0 atom stereocenters. The number of imide groups is 2. The smallest absolute Gasteiger partial charge is 0.328 e. The van der Waals surface area contributed by atoms with Crippen molar-refractivity contribution in [2.24, 2.45) is 10.9 Å². The molecule has 0 aliphatic carbocycles. The highest BCUT2D eigenvalue weighted by Crippen LogP contribution is 2.06. The van der Waals surface area contributed by atoms with Crippen LogP contribution in [0.2, 0.25) is 0 Å². The second-order valence-corrected chi connectivity index (χ2v) is 3.76. The maximum absolute atomic E-state index is 11.4. The average molecular weight is 255 g/mol. The number of carboxylic acids is 1. The Morgan fingerprint density at radius 3 is 2.33 bits per heavy atom. The predicted octanol–water partition coefficient (Wildman–Crippen LogP) is -0.706. The number of aliphatic carboxylic acids is 1. The lowest BCUT2D eigenvalue weighted by molar-refractivity contribution is -0.137. The fourth-order valence-corrected chi connectivity index (χ4v) is 1.47. The molecule has 0 aromatic heterocycles. The molecule has 0 aromatic carbocycles. The van der Waals surface area contributed by atoms with Crippen LogP contribution in [0.1, 0.15) is 19.8 Å². The quantitative estimate of drug-likeness (QED) is 0.340. The lowest BCUT2D eigenvalue weighted by Gasteiger charge is -2.20. The van der Waals surface area contributed by atoms with Crippen LogP contribution >= 0.6 is 0 Å². The average Bonchev–Trinajstić information content (AvgIpc) is 2.22. The van der Waals surface area contributed by atoms with E-state index in [4.69, 9.17) is 5.11 Å². The first kappa shape index (κ1) is 13.8. The first-order valence-electron chi connectivity index (χ1n) is 5.30. The minimum absolute atomic E-state index is 0.0294. The summed E-state index contributed by atoms with van der Waals surface area (Å²) in [6.07, 6.45) is 0.292. The molecule has 4 amide bonds. The van der Waals surface area contributed by atoms with Gasteiger partial charge in [0.05, 0.1) is 0 Å². The van der Waals surface area contributed by atoms with Gasteiger partial charge in [-0.05, 0) is 13.3 Å². The molecule has 1 aliphatic heterocycles. The molecule has 8 heteroatoms. The van der Waals surface area contributed by atoms with Crippen molar-refractivity contribution in [3.63, 3.8) is 0 Å². The van der Waals surface area contributed by atoms with E-state index in [9.17, 15) is 19.2 Å². The molecule has 0 aromatic rings. The van der Waals surface area contributed by atoms with Crippen LogP contribution in [-0.2, 0) is 14.4 Å². The van der Waals surface area contributed by atoms with E-state index >= 15 is 0 Å². The van der Waals surface area contributed by atoms with Crippen LogP contribution in [0.15, 0.2) is 4.99 Å². The lowest BCUT2D eigenvalue weighted by Crippen LogP contribution is -2.57. The molecule has 8 nitrogen and oxygen atoms in total. The molecule has 1 aliphatic rings. The summed E-state index contributed by atoms with van der Waals surface area (Å²) >= 11 is 0. The number of carbonyl (C=O) groups excluding carboxylic acids is 3. The van der Waals surface area contributed by atoms with Gasteiger partial charge in [-0.15, -0.1) is 0 Å². The van der Waals surface area contributed by atoms with E-state index < -0.39 is 29.7 Å². The summed E-state index contributed by atoms with van der Waals surface area (Å²) in [4.78, 5) is 47.9. The Hall–Kier alpha value is -2.25. The Bertz CT molecular complexity index is 409. The molecule has 1 heterocycles. The number of barbiturate groups is 1. The Labute approximate surface area is 102 Å². The molecule has 0 spiro atoms. The molecule has 1 rings (SSSR count). The van der Waals surface area contributed by atoms with E-state index in [0.29, 0.717) is 6.42 Å². The Morgan fingerprint density at radius 1 is 1.28 bits per heavy atom. The Morgan fingerprint density at radius 2 is 1.83 bits per heavy atom. The SMILES string of the molecule is CC(=NCCCC(=O)O)C1C(=O)NC(=O)NC1=O. The van der Waals surface area contributed by atoms with Crippen LogP contribution in [0.4, 0.5) is 4.79 Å². The number of nitrogens with zero attached hydrogens (tertiary/aromatic N) is 1. The third-order valence-corrected chi connectivity index (χ3v) is 2.33. The van der Waals surface area contributed by atoms with Crippen molar-refractivity contribution in [1.82, 2.24) is 10.6 Å². The number of hydrogen-bond donors (Lipinski definition) is 3. The maximum atomic E-state index is 11.4. The number of nitrogens with one attached hydrogen (secondary N) is 2. The highest BCUT2D eigenvalue weighted by Gasteiger charge is 2.36. The largest absolute Gasteiger partial charge is 0.481 e. The van der Waals surface area contributed by atoms with Gasteiger partial charge in [-0.3, -0.25) is 30.0 Å². The number of hydrogen-bond acceptors (Lipinski definition) is 5. The van der Waals surface area contributed by atoms with Gasteiger partial charge in [0.25, 0.3) is 0 Å². The molecule has 0 saturated carbocycles. The van der Waals surface area contributed by atoms with Crippen molar-refractivity contribution in [2.75, 3.05) is 6.54 Å². The molecule has 1 fully saturated rings. The second kappa shape index (κ2) is 5.89. The molecule has 3 N–H and O–H groups in total. The van der Waals surface area contributed by atoms with Gasteiger partial charge in [0, 0.05) is 18.7 Å². The van der Waals surface area contributed by atoms with E-state index in [0.717, 1.165) is 0 Å². The second-order valence-electron chi connectivity index (χ2n) is 3.76. The van der Waals surface area contributed by atoms with Gasteiger partial charge in [-0.25, -0.2) is 4.79 Å². The monoisotopic (exact) mass is 255 g/mol. The summed E-state index contributed by atoms with van der Waals surface area (Å²) in [5.41, 5.74) is 0.253. The zero-order valence-corrected chi connectivity index (χ0v) is 9.73. The fourth-order valence-electron chi connectivity index (χ4n) is 1.47. The van der Waals surface area contributed by atoms with Gasteiger partial charge in [0.2, 0.25) is 11.8 Å². The van der Waals surface area contributed by atoms with E-state index in [1.54, 1.807) is 0 Å². The molecular weight excluding hydrogens is 242 g/mol. The number of amides is 4. The molecule has 0 bridgehead atoms. The fraction of sp³-hybridized carbons (Fsp3) is 0.500. The van der Waals surface area contributed by atoms with E-state index in [1.807, 2.05) is 10.6 Å². The van der Waals surface area contributed by atoms with Crippen molar-refractivity contribution >= 4 is 29.5 Å². The molecule has 0 unspecified atom stereocenters. The van der Waals surface area contributed by atoms with E-state index in [1.165, 1.54) is 6.92 Å². The van der Waals surface area contributed by atoms with E-state index in [2.05, 4.69) is 4.99 Å². The predicted molar refractivity (Wildman–Crippen MR) is 60.0 cm³/mol. The van der Waals surface area contributed by atoms with Crippen molar-refractivity contribution < 1.29 is 24.3 Å². The summed E-state index contributed by atoms with van der Waals surface area (Å²) < 4.78 is 0. The van der Waals surface area contributed by atoms with Crippen LogP contribution in [-0.4, -0.2) is 41.2 Å². The van der Waals surface area contributed by atoms with Crippen LogP contribution in [0.3, 0.4) is 0 Å². The highest BCUT2D eigenvalue weighted by molar-refractivity contribution is 6.27. The summed E-state index contributed by atoms with van der Waals surface area (Å²) in [6.45, 7) is 1.70. The van der Waals surface area contributed by atoms with Gasteiger partial charge in [-0.2, -0.15) is 0 Å². The molecule has 1 saturated heterocycles. The van der Waals surface area contributed by atoms with Crippen LogP contribution in [0.25, 0.3) is 0 Å². The van der Waals surface area contributed by atoms with Gasteiger partial charge in [0.15, 0.2) is 5.92 Å². The Kier molecular flexibility index (Phi) is 4.52. The number of aliphatic imine (C=N–C) groups is 1. The van der Waals surface area contributed by atoms with Gasteiger partial charge in [-0.1, -0.05) is 0 Å². The van der Waals surface area contributed by atoms with Crippen molar-refractivity contribution in [2.45, 2.75) is 19.8 Å². The summed E-state index contributed by atoms with van der Waals surface area (Å²) in [6, 6.07) is -0.847. The van der Waals surface area contributed by atoms with Gasteiger partial charge in [0.1, 0.15) is 0 Å². The number of rotatable bonds is 5. The van der Waals surface area contributed by atoms with Crippen LogP contribution < -0.4 is 10.6 Å². The molecular formula is C10H13N3O5. The van der Waals surface area contributed by atoms with Crippen molar-refractivity contribution in [1.29, 1.82) is 0 Å². The maximum Gasteiger partial charge on any atom is 0.328 e. The van der Waals surface area contributed by atoms with Crippen LogP contribution in [0, 0.1) is 5.92 Å². The number of carboxylic acid groups (broad SMARTS) is 1. The molecule has 0 radical (unpaired) electrons. The van der Waals surface area contributed by atoms with Crippen molar-refractivity contribution in [3.05, 3.63) is 0 Å². The zero-order chi connectivity index (χ0) is 13.7. The number of urea groups is 1. The highest BCUT2D eigenvalue weighted by atomic mass is 16.4. The summed E-state index contributed by atoms with van der Waals surface area (Å²) in [5.74, 6) is -3.50. The van der Waals surface area contributed by atoms with Crippen LogP contribution in [0.5, 0.6) is 0 Å². The first-order chi connectivity index (χ1) is 8.41. The van der Waals surface area contributed by atoms with Gasteiger partial charge >= 0.3 is 12.0 Å². The summed E-state index contributed by atoms with van der Waals surface area (Å²) in [7, 11) is 0. The topological polar surface area (TPSA) is 125 Å². The molecule has 98 valence electrons. The lowest BCUT2D eigenvalue weighted by atomic mass is 10.0. The standard InChI is InChI=1S/C10H13N3O5/c1-5(11-4-2-3-6(14)15)7-8(16)12-10(18)13-9(7)17/h7H,2-4H2,1H3,(H,14,15)(H2,12,13,16,17,18). The van der Waals surface area contributed by atoms with E-state index in [-0.39, 0.29) is 18.7 Å². The minimum Gasteiger partial charge on any atom is -0.481 e. The number of carbonyl (C=O) groups is 4. The van der Waals surface area contributed by atoms with Gasteiger partial charge < -0.3 is 5.11 Å².